The zero-order chi connectivity index (χ0) is 18.6. The highest BCUT2D eigenvalue weighted by Gasteiger charge is 2.37. The van der Waals surface area contributed by atoms with Crippen molar-refractivity contribution in [3.05, 3.63) is 36.0 Å². The predicted molar refractivity (Wildman–Crippen MR) is 103 cm³/mol. The molecule has 1 saturated heterocycles. The largest absolute Gasteiger partial charge is 0.366 e. The molecular formula is C21H26N4O2. The number of morpholine rings is 1. The van der Waals surface area contributed by atoms with Gasteiger partial charge in [-0.2, -0.15) is 5.26 Å². The standard InChI is InChI=1S/C21H26N4O2/c22-9-3-4-11-24-14-16(18-5-1-2-6-19(18)24)15-25(17-7-8-17)21(26)20-13-23-10-12-27-20/h1-2,5-6,14,17,20,23H,3-4,7-8,10-13,15H2. The second-order valence-corrected chi connectivity index (χ2v) is 7.39. The van der Waals surface area contributed by atoms with Crippen LogP contribution in [0.1, 0.15) is 31.2 Å². The van der Waals surface area contributed by atoms with E-state index in [2.05, 4.69) is 34.3 Å². The Morgan fingerprint density at radius 2 is 2.22 bits per heavy atom. The van der Waals surface area contributed by atoms with Gasteiger partial charge in [0.15, 0.2) is 0 Å². The fourth-order valence-corrected chi connectivity index (χ4v) is 3.83. The Morgan fingerprint density at radius 3 is 2.96 bits per heavy atom. The van der Waals surface area contributed by atoms with Crippen molar-refractivity contribution in [2.45, 2.75) is 50.9 Å². The van der Waals surface area contributed by atoms with Gasteiger partial charge < -0.3 is 19.5 Å². The molecule has 1 aromatic heterocycles. The van der Waals surface area contributed by atoms with Crippen LogP contribution in [-0.4, -0.2) is 47.2 Å². The Labute approximate surface area is 159 Å². The number of para-hydroxylation sites is 1. The van der Waals surface area contributed by atoms with Gasteiger partial charge in [-0.05, 0) is 30.9 Å². The van der Waals surface area contributed by atoms with Crippen LogP contribution in [0.2, 0.25) is 0 Å². The summed E-state index contributed by atoms with van der Waals surface area (Å²) in [6.45, 7) is 3.44. The van der Waals surface area contributed by atoms with E-state index in [9.17, 15) is 4.79 Å². The van der Waals surface area contributed by atoms with E-state index in [1.54, 1.807) is 0 Å². The zero-order valence-corrected chi connectivity index (χ0v) is 15.6. The number of hydrogen-bond acceptors (Lipinski definition) is 4. The molecule has 6 heteroatoms. The summed E-state index contributed by atoms with van der Waals surface area (Å²) in [4.78, 5) is 15.1. The number of fused-ring (bicyclic) bond motifs is 1. The number of aromatic nitrogens is 1. The molecule has 1 aliphatic heterocycles. The van der Waals surface area contributed by atoms with Gasteiger partial charge in [0.25, 0.3) is 5.91 Å². The summed E-state index contributed by atoms with van der Waals surface area (Å²) in [5.74, 6) is 0.103. The Kier molecular flexibility index (Phi) is 5.42. The van der Waals surface area contributed by atoms with Crippen molar-refractivity contribution in [1.29, 1.82) is 5.26 Å². The van der Waals surface area contributed by atoms with E-state index >= 15 is 0 Å². The van der Waals surface area contributed by atoms with Crippen molar-refractivity contribution in [3.8, 4) is 6.07 Å². The van der Waals surface area contributed by atoms with Crippen LogP contribution in [0.25, 0.3) is 10.9 Å². The van der Waals surface area contributed by atoms with E-state index in [1.165, 1.54) is 16.5 Å². The lowest BCUT2D eigenvalue weighted by Gasteiger charge is -2.30. The van der Waals surface area contributed by atoms with Crippen molar-refractivity contribution >= 4 is 16.8 Å². The summed E-state index contributed by atoms with van der Waals surface area (Å²) in [5.41, 5.74) is 2.34. The van der Waals surface area contributed by atoms with E-state index in [0.29, 0.717) is 32.2 Å². The minimum atomic E-state index is -0.372. The fraction of sp³-hybridized carbons (Fsp3) is 0.524. The molecule has 4 rings (SSSR count). The first-order chi connectivity index (χ1) is 13.3. The summed E-state index contributed by atoms with van der Waals surface area (Å²) >= 11 is 0. The first-order valence-electron chi connectivity index (χ1n) is 9.84. The number of nitrogens with one attached hydrogen (secondary N) is 1. The van der Waals surface area contributed by atoms with Gasteiger partial charge in [-0.1, -0.05) is 18.2 Å². The molecule has 27 heavy (non-hydrogen) atoms. The molecule has 1 aromatic carbocycles. The van der Waals surface area contributed by atoms with Crippen molar-refractivity contribution < 1.29 is 9.53 Å². The van der Waals surface area contributed by atoms with Gasteiger partial charge in [-0.15, -0.1) is 0 Å². The van der Waals surface area contributed by atoms with Crippen molar-refractivity contribution in [2.75, 3.05) is 19.7 Å². The maximum absolute atomic E-state index is 13.1. The third-order valence-corrected chi connectivity index (χ3v) is 5.37. The van der Waals surface area contributed by atoms with Gasteiger partial charge in [-0.25, -0.2) is 0 Å². The van der Waals surface area contributed by atoms with Gasteiger partial charge in [0.1, 0.15) is 6.10 Å². The zero-order valence-electron chi connectivity index (χ0n) is 15.6. The lowest BCUT2D eigenvalue weighted by atomic mass is 10.1. The highest BCUT2D eigenvalue weighted by molar-refractivity contribution is 5.86. The summed E-state index contributed by atoms with van der Waals surface area (Å²) < 4.78 is 7.92. The Balaban J connectivity index is 1.57. The molecule has 2 aliphatic rings. The number of hydrogen-bond donors (Lipinski definition) is 1. The molecule has 0 radical (unpaired) electrons. The smallest absolute Gasteiger partial charge is 0.253 e. The van der Waals surface area contributed by atoms with E-state index in [1.807, 2.05) is 17.0 Å². The average molecular weight is 366 g/mol. The van der Waals surface area contributed by atoms with Crippen LogP contribution in [0.5, 0.6) is 0 Å². The maximum Gasteiger partial charge on any atom is 0.253 e. The van der Waals surface area contributed by atoms with E-state index in [4.69, 9.17) is 10.00 Å². The van der Waals surface area contributed by atoms with Crippen molar-refractivity contribution in [3.63, 3.8) is 0 Å². The molecule has 6 nitrogen and oxygen atoms in total. The quantitative estimate of drug-likeness (QED) is 0.764. The minimum absolute atomic E-state index is 0.103. The Hall–Kier alpha value is -2.36. The first kappa shape index (κ1) is 18.0. The van der Waals surface area contributed by atoms with Crippen LogP contribution in [0.3, 0.4) is 0 Å². The van der Waals surface area contributed by atoms with Crippen molar-refractivity contribution in [2.24, 2.45) is 0 Å². The van der Waals surface area contributed by atoms with Crippen LogP contribution in [0.15, 0.2) is 30.5 Å². The second-order valence-electron chi connectivity index (χ2n) is 7.39. The topological polar surface area (TPSA) is 70.3 Å². The van der Waals surface area contributed by atoms with Gasteiger partial charge in [0.05, 0.1) is 12.7 Å². The second kappa shape index (κ2) is 8.12. The van der Waals surface area contributed by atoms with Crippen LogP contribution in [-0.2, 0) is 22.6 Å². The van der Waals surface area contributed by atoms with Crippen LogP contribution in [0, 0.1) is 11.3 Å². The SMILES string of the molecule is N#CCCCn1cc(CN(C(=O)C2CNCCO2)C2CC2)c2ccccc21. The number of carbonyl (C=O) groups excluding carboxylic acids is 1. The summed E-state index contributed by atoms with van der Waals surface area (Å²) in [7, 11) is 0. The molecule has 1 aliphatic carbocycles. The lowest BCUT2D eigenvalue weighted by Crippen LogP contribution is -2.49. The van der Waals surface area contributed by atoms with E-state index in [-0.39, 0.29) is 12.0 Å². The fourth-order valence-electron chi connectivity index (χ4n) is 3.83. The normalized spacial score (nSPS) is 19.7. The van der Waals surface area contributed by atoms with Gasteiger partial charge in [-0.3, -0.25) is 4.79 Å². The van der Waals surface area contributed by atoms with Gasteiger partial charge >= 0.3 is 0 Å². The predicted octanol–water partition coefficient (Wildman–Crippen LogP) is 2.42. The summed E-state index contributed by atoms with van der Waals surface area (Å²) in [6.07, 6.45) is 5.33. The molecule has 2 fully saturated rings. The summed E-state index contributed by atoms with van der Waals surface area (Å²) in [6, 6.07) is 10.9. The number of benzene rings is 1. The van der Waals surface area contributed by atoms with Crippen LogP contribution in [0.4, 0.5) is 0 Å². The molecule has 1 saturated carbocycles. The number of nitriles is 1. The number of nitrogens with zero attached hydrogens (tertiary/aromatic N) is 3. The Bertz CT molecular complexity index is 843. The molecule has 142 valence electrons. The van der Waals surface area contributed by atoms with Gasteiger partial charge in [0, 0.05) is 55.7 Å². The number of aryl methyl sites for hydroxylation is 1. The number of ether oxygens (including phenoxy) is 1. The van der Waals surface area contributed by atoms with E-state index < -0.39 is 0 Å². The molecule has 1 amide bonds. The van der Waals surface area contributed by atoms with Crippen molar-refractivity contribution in [1.82, 2.24) is 14.8 Å². The maximum atomic E-state index is 13.1. The summed E-state index contributed by atoms with van der Waals surface area (Å²) in [5, 5.41) is 13.3. The molecule has 2 aromatic rings. The monoisotopic (exact) mass is 366 g/mol. The van der Waals surface area contributed by atoms with Crippen LogP contribution >= 0.6 is 0 Å². The lowest BCUT2D eigenvalue weighted by molar-refractivity contribution is -0.146. The average Bonchev–Trinajstić information content (AvgIpc) is 3.50. The highest BCUT2D eigenvalue weighted by atomic mass is 16.5. The minimum Gasteiger partial charge on any atom is -0.366 e. The molecule has 1 unspecified atom stereocenters. The Morgan fingerprint density at radius 1 is 1.37 bits per heavy atom. The highest BCUT2D eigenvalue weighted by Crippen LogP contribution is 2.31. The van der Waals surface area contributed by atoms with E-state index in [0.717, 1.165) is 32.4 Å². The molecule has 1 N–H and O–H groups in total. The molecule has 0 spiro atoms. The molecule has 2 heterocycles. The number of amides is 1. The molecule has 0 bridgehead atoms. The third kappa shape index (κ3) is 4.00. The van der Waals surface area contributed by atoms with Crippen LogP contribution < -0.4 is 5.32 Å². The molecule has 1 atom stereocenters. The molecular weight excluding hydrogens is 340 g/mol. The number of rotatable bonds is 7. The number of carbonyl (C=O) groups is 1. The number of unbranched alkanes of at least 4 members (excludes halogenated alkanes) is 1. The first-order valence-corrected chi connectivity index (χ1v) is 9.84. The third-order valence-electron chi connectivity index (χ3n) is 5.37. The van der Waals surface area contributed by atoms with Gasteiger partial charge in [0.2, 0.25) is 0 Å².